The van der Waals surface area contributed by atoms with Gasteiger partial charge in [0.05, 0.1) is 11.3 Å². The molecule has 0 aliphatic rings. The largest absolute Gasteiger partial charge is 0.379 e. The second-order valence-corrected chi connectivity index (χ2v) is 6.42. The molecule has 0 radical (unpaired) electrons. The summed E-state index contributed by atoms with van der Waals surface area (Å²) in [5, 5.41) is 8.35. The van der Waals surface area contributed by atoms with Gasteiger partial charge in [-0.15, -0.1) is 5.10 Å². The molecule has 0 unspecified atom stereocenters. The fourth-order valence-electron chi connectivity index (χ4n) is 1.56. The minimum Gasteiger partial charge on any atom is -0.379 e. The summed E-state index contributed by atoms with van der Waals surface area (Å²) in [6, 6.07) is 0. The van der Waals surface area contributed by atoms with E-state index in [-0.39, 0.29) is 11.0 Å². The van der Waals surface area contributed by atoms with Crippen LogP contribution >= 0.6 is 0 Å². The molecule has 0 N–H and O–H groups in total. The van der Waals surface area contributed by atoms with Gasteiger partial charge in [0, 0.05) is 19.9 Å². The molecule has 98 valence electrons. The molecule has 0 aromatic carbocycles. The van der Waals surface area contributed by atoms with Crippen molar-refractivity contribution in [3.8, 4) is 0 Å². The van der Waals surface area contributed by atoms with Crippen molar-refractivity contribution in [1.82, 2.24) is 15.0 Å². The Hall–Kier alpha value is -0.900. The standard InChI is InChI=1S/C13H25N3O/c1-12(2,3)9-11-10-16(15-14-11)8-7-13(4,5)17-6/h10H,7-9H2,1-6H3. The molecule has 0 saturated heterocycles. The third-order valence-electron chi connectivity index (χ3n) is 2.79. The van der Waals surface area contributed by atoms with E-state index >= 15 is 0 Å². The van der Waals surface area contributed by atoms with Crippen molar-refractivity contribution < 1.29 is 4.74 Å². The zero-order chi connectivity index (χ0) is 13.1. The van der Waals surface area contributed by atoms with Crippen molar-refractivity contribution in [2.45, 2.75) is 59.6 Å². The van der Waals surface area contributed by atoms with Crippen LogP contribution in [0.5, 0.6) is 0 Å². The average molecular weight is 239 g/mol. The number of nitrogens with zero attached hydrogens (tertiary/aromatic N) is 3. The maximum Gasteiger partial charge on any atom is 0.0832 e. The van der Waals surface area contributed by atoms with Gasteiger partial charge < -0.3 is 4.74 Å². The highest BCUT2D eigenvalue weighted by Gasteiger charge is 2.17. The number of hydrogen-bond acceptors (Lipinski definition) is 3. The van der Waals surface area contributed by atoms with Gasteiger partial charge >= 0.3 is 0 Å². The molecule has 1 aromatic heterocycles. The monoisotopic (exact) mass is 239 g/mol. The lowest BCUT2D eigenvalue weighted by molar-refractivity contribution is 0.0112. The first-order valence-corrected chi connectivity index (χ1v) is 6.16. The molecule has 0 aliphatic carbocycles. The smallest absolute Gasteiger partial charge is 0.0832 e. The van der Waals surface area contributed by atoms with Crippen LogP contribution < -0.4 is 0 Å². The maximum absolute atomic E-state index is 5.39. The first-order chi connectivity index (χ1) is 7.72. The molecule has 0 spiro atoms. The molecular formula is C13H25N3O. The number of ether oxygens (including phenoxy) is 1. The number of methoxy groups -OCH3 is 1. The minimum absolute atomic E-state index is 0.101. The third kappa shape index (κ3) is 5.31. The van der Waals surface area contributed by atoms with Crippen LogP contribution in [0.4, 0.5) is 0 Å². The number of aryl methyl sites for hydroxylation is 1. The van der Waals surface area contributed by atoms with Gasteiger partial charge in [-0.1, -0.05) is 26.0 Å². The topological polar surface area (TPSA) is 39.9 Å². The van der Waals surface area contributed by atoms with E-state index in [4.69, 9.17) is 4.74 Å². The lowest BCUT2D eigenvalue weighted by Crippen LogP contribution is -2.24. The van der Waals surface area contributed by atoms with Crippen LogP contribution in [-0.2, 0) is 17.7 Å². The van der Waals surface area contributed by atoms with Crippen molar-refractivity contribution in [2.24, 2.45) is 5.41 Å². The number of hydrogen-bond donors (Lipinski definition) is 0. The lowest BCUT2D eigenvalue weighted by atomic mass is 9.91. The minimum atomic E-state index is -0.101. The zero-order valence-corrected chi connectivity index (χ0v) is 11.9. The molecule has 0 fully saturated rings. The molecule has 0 atom stereocenters. The van der Waals surface area contributed by atoms with Crippen LogP contribution in [0.3, 0.4) is 0 Å². The Kier molecular flexibility index (Phi) is 4.31. The maximum atomic E-state index is 5.39. The summed E-state index contributed by atoms with van der Waals surface area (Å²) < 4.78 is 7.29. The second kappa shape index (κ2) is 5.17. The van der Waals surface area contributed by atoms with Crippen molar-refractivity contribution in [3.05, 3.63) is 11.9 Å². The van der Waals surface area contributed by atoms with Gasteiger partial charge in [-0.05, 0) is 32.1 Å². The van der Waals surface area contributed by atoms with Crippen LogP contribution in [-0.4, -0.2) is 27.7 Å². The average Bonchev–Trinajstić information content (AvgIpc) is 2.60. The SMILES string of the molecule is COC(C)(C)CCn1cc(CC(C)(C)C)nn1. The van der Waals surface area contributed by atoms with Gasteiger partial charge in [0.15, 0.2) is 0 Å². The van der Waals surface area contributed by atoms with Crippen molar-refractivity contribution in [2.75, 3.05) is 7.11 Å². The molecule has 0 aliphatic heterocycles. The Labute approximate surface area is 104 Å². The summed E-state index contributed by atoms with van der Waals surface area (Å²) in [4.78, 5) is 0. The Morgan fingerprint density at radius 1 is 1.24 bits per heavy atom. The van der Waals surface area contributed by atoms with E-state index in [9.17, 15) is 0 Å². The molecule has 1 heterocycles. The molecule has 0 amide bonds. The lowest BCUT2D eigenvalue weighted by Gasteiger charge is -2.22. The predicted octanol–water partition coefficient (Wildman–Crippen LogP) is 2.68. The molecule has 4 nitrogen and oxygen atoms in total. The van der Waals surface area contributed by atoms with E-state index in [1.165, 1.54) is 0 Å². The van der Waals surface area contributed by atoms with Crippen molar-refractivity contribution >= 4 is 0 Å². The highest BCUT2D eigenvalue weighted by atomic mass is 16.5. The Morgan fingerprint density at radius 3 is 2.41 bits per heavy atom. The van der Waals surface area contributed by atoms with E-state index in [1.54, 1.807) is 7.11 Å². The van der Waals surface area contributed by atoms with Gasteiger partial charge in [-0.25, -0.2) is 0 Å². The highest BCUT2D eigenvalue weighted by molar-refractivity contribution is 4.95. The molecule has 17 heavy (non-hydrogen) atoms. The van der Waals surface area contributed by atoms with E-state index < -0.39 is 0 Å². The van der Waals surface area contributed by atoms with Crippen molar-refractivity contribution in [3.63, 3.8) is 0 Å². The van der Waals surface area contributed by atoms with Crippen LogP contribution in [0.15, 0.2) is 6.20 Å². The van der Waals surface area contributed by atoms with E-state index in [0.29, 0.717) is 0 Å². The predicted molar refractivity (Wildman–Crippen MR) is 68.9 cm³/mol. The summed E-state index contributed by atoms with van der Waals surface area (Å²) in [6.07, 6.45) is 3.93. The van der Waals surface area contributed by atoms with Crippen LogP contribution in [0.25, 0.3) is 0 Å². The highest BCUT2D eigenvalue weighted by Crippen LogP contribution is 2.19. The Balaban J connectivity index is 2.52. The summed E-state index contributed by atoms with van der Waals surface area (Å²) in [5.41, 5.74) is 1.22. The zero-order valence-electron chi connectivity index (χ0n) is 11.9. The molecule has 1 rings (SSSR count). The fraction of sp³-hybridized carbons (Fsp3) is 0.846. The Bertz CT molecular complexity index is 350. The van der Waals surface area contributed by atoms with E-state index in [1.807, 2.05) is 10.9 Å². The second-order valence-electron chi connectivity index (χ2n) is 6.42. The van der Waals surface area contributed by atoms with Gasteiger partial charge in [0.1, 0.15) is 0 Å². The van der Waals surface area contributed by atoms with Crippen LogP contribution in [0.1, 0.15) is 46.7 Å². The summed E-state index contributed by atoms with van der Waals surface area (Å²) >= 11 is 0. The molecular weight excluding hydrogens is 214 g/mol. The first-order valence-electron chi connectivity index (χ1n) is 6.16. The quantitative estimate of drug-likeness (QED) is 0.793. The number of aromatic nitrogens is 3. The van der Waals surface area contributed by atoms with Crippen molar-refractivity contribution in [1.29, 1.82) is 0 Å². The van der Waals surface area contributed by atoms with E-state index in [2.05, 4.69) is 44.9 Å². The normalized spacial score (nSPS) is 13.1. The van der Waals surface area contributed by atoms with Crippen LogP contribution in [0, 0.1) is 5.41 Å². The van der Waals surface area contributed by atoms with Crippen LogP contribution in [0.2, 0.25) is 0 Å². The Morgan fingerprint density at radius 2 is 1.88 bits per heavy atom. The summed E-state index contributed by atoms with van der Waals surface area (Å²) in [5.74, 6) is 0. The molecule has 4 heteroatoms. The van der Waals surface area contributed by atoms with Gasteiger partial charge in [-0.3, -0.25) is 4.68 Å². The molecule has 1 aromatic rings. The van der Waals surface area contributed by atoms with Gasteiger partial charge in [0.2, 0.25) is 0 Å². The first kappa shape index (κ1) is 14.2. The molecule has 0 bridgehead atoms. The number of rotatable bonds is 5. The van der Waals surface area contributed by atoms with Gasteiger partial charge in [-0.2, -0.15) is 0 Å². The summed E-state index contributed by atoms with van der Waals surface area (Å²) in [7, 11) is 1.74. The molecule has 0 saturated carbocycles. The van der Waals surface area contributed by atoms with E-state index in [0.717, 1.165) is 25.1 Å². The fourth-order valence-corrected chi connectivity index (χ4v) is 1.56. The van der Waals surface area contributed by atoms with Gasteiger partial charge in [0.25, 0.3) is 0 Å². The summed E-state index contributed by atoms with van der Waals surface area (Å²) in [6.45, 7) is 11.6. The third-order valence-corrected chi connectivity index (χ3v) is 2.79.